The summed E-state index contributed by atoms with van der Waals surface area (Å²) in [6, 6.07) is 7.20. The van der Waals surface area contributed by atoms with Gasteiger partial charge in [-0.1, -0.05) is 44.9 Å². The molecule has 1 atom stereocenters. The van der Waals surface area contributed by atoms with Gasteiger partial charge in [-0.05, 0) is 48.6 Å². The minimum absolute atomic E-state index is 0.120. The van der Waals surface area contributed by atoms with Crippen LogP contribution in [0.2, 0.25) is 0 Å². The van der Waals surface area contributed by atoms with Crippen LogP contribution in [-0.4, -0.2) is 6.04 Å². The number of hydrogen-bond acceptors (Lipinski definition) is 2. The lowest BCUT2D eigenvalue weighted by Gasteiger charge is -2.39. The number of nitrogens with one attached hydrogen (secondary N) is 1. The van der Waals surface area contributed by atoms with Crippen LogP contribution in [0.5, 0.6) is 0 Å². The van der Waals surface area contributed by atoms with Gasteiger partial charge in [-0.2, -0.15) is 0 Å². The Balaban J connectivity index is 2.19. The smallest absolute Gasteiger partial charge is 0.126 e. The molecule has 0 bridgehead atoms. The van der Waals surface area contributed by atoms with Gasteiger partial charge in [0.05, 0.1) is 0 Å². The predicted octanol–water partition coefficient (Wildman–Crippen LogP) is 3.81. The van der Waals surface area contributed by atoms with Gasteiger partial charge in [0, 0.05) is 6.04 Å². The number of halogens is 1. The molecule has 1 aromatic rings. The van der Waals surface area contributed by atoms with Crippen molar-refractivity contribution in [1.82, 2.24) is 5.43 Å². The Morgan fingerprint density at radius 3 is 2.45 bits per heavy atom. The minimum Gasteiger partial charge on any atom is -0.271 e. The number of rotatable bonds is 6. The van der Waals surface area contributed by atoms with Crippen LogP contribution in [0.25, 0.3) is 0 Å². The Morgan fingerprint density at radius 2 is 1.90 bits per heavy atom. The van der Waals surface area contributed by atoms with Crippen molar-refractivity contribution in [3.05, 3.63) is 35.6 Å². The SMILES string of the molecule is CC(C)CC1(C(Cc2ccccc2F)NN)CCCC1. The lowest BCUT2D eigenvalue weighted by atomic mass is 9.71. The van der Waals surface area contributed by atoms with Crippen LogP contribution >= 0.6 is 0 Å². The third-order valence-electron chi connectivity index (χ3n) is 4.74. The Labute approximate surface area is 121 Å². The van der Waals surface area contributed by atoms with Gasteiger partial charge in [0.1, 0.15) is 5.82 Å². The fraction of sp³-hybridized carbons (Fsp3) is 0.647. The number of benzene rings is 1. The van der Waals surface area contributed by atoms with Crippen LogP contribution in [0.1, 0.15) is 51.5 Å². The van der Waals surface area contributed by atoms with E-state index in [4.69, 9.17) is 5.84 Å². The predicted molar refractivity (Wildman–Crippen MR) is 81.6 cm³/mol. The Morgan fingerprint density at radius 1 is 1.25 bits per heavy atom. The van der Waals surface area contributed by atoms with Crippen LogP contribution in [0, 0.1) is 17.2 Å². The third-order valence-corrected chi connectivity index (χ3v) is 4.74. The molecule has 0 radical (unpaired) electrons. The van der Waals surface area contributed by atoms with Crippen molar-refractivity contribution in [3.63, 3.8) is 0 Å². The summed E-state index contributed by atoms with van der Waals surface area (Å²) in [5.41, 5.74) is 4.00. The zero-order valence-electron chi connectivity index (χ0n) is 12.7. The van der Waals surface area contributed by atoms with Gasteiger partial charge in [0.25, 0.3) is 0 Å². The van der Waals surface area contributed by atoms with Crippen molar-refractivity contribution in [1.29, 1.82) is 0 Å². The molecule has 1 saturated carbocycles. The largest absolute Gasteiger partial charge is 0.271 e. The van der Waals surface area contributed by atoms with Crippen molar-refractivity contribution in [2.75, 3.05) is 0 Å². The Kier molecular flexibility index (Phi) is 5.17. The lowest BCUT2D eigenvalue weighted by Crippen LogP contribution is -2.49. The summed E-state index contributed by atoms with van der Waals surface area (Å²) in [5.74, 6) is 6.36. The fourth-order valence-corrected chi connectivity index (χ4v) is 3.92. The average molecular weight is 278 g/mol. The van der Waals surface area contributed by atoms with Crippen molar-refractivity contribution < 1.29 is 4.39 Å². The van der Waals surface area contributed by atoms with E-state index in [0.29, 0.717) is 12.3 Å². The lowest BCUT2D eigenvalue weighted by molar-refractivity contribution is 0.153. The maximum atomic E-state index is 13.9. The number of hydrazine groups is 1. The molecule has 0 aliphatic heterocycles. The van der Waals surface area contributed by atoms with Crippen LogP contribution in [0.4, 0.5) is 4.39 Å². The minimum atomic E-state index is -0.120. The molecule has 1 aliphatic carbocycles. The summed E-state index contributed by atoms with van der Waals surface area (Å²) in [6.45, 7) is 4.52. The highest BCUT2D eigenvalue weighted by atomic mass is 19.1. The quantitative estimate of drug-likeness (QED) is 0.613. The molecule has 1 unspecified atom stereocenters. The second kappa shape index (κ2) is 6.68. The first kappa shape index (κ1) is 15.5. The van der Waals surface area contributed by atoms with Crippen molar-refractivity contribution in [3.8, 4) is 0 Å². The molecule has 0 heterocycles. The van der Waals surface area contributed by atoms with E-state index in [1.165, 1.54) is 31.7 Å². The number of hydrogen-bond donors (Lipinski definition) is 2. The Hall–Kier alpha value is -0.930. The molecule has 20 heavy (non-hydrogen) atoms. The molecule has 2 rings (SSSR count). The van der Waals surface area contributed by atoms with Gasteiger partial charge in [-0.25, -0.2) is 4.39 Å². The Bertz CT molecular complexity index is 425. The molecule has 112 valence electrons. The highest BCUT2D eigenvalue weighted by Crippen LogP contribution is 2.46. The topological polar surface area (TPSA) is 38.0 Å². The second-order valence-corrected chi connectivity index (χ2v) is 6.68. The van der Waals surface area contributed by atoms with Gasteiger partial charge < -0.3 is 0 Å². The summed E-state index contributed by atoms with van der Waals surface area (Å²) in [5, 5.41) is 0. The van der Waals surface area contributed by atoms with E-state index in [0.717, 1.165) is 12.0 Å². The van der Waals surface area contributed by atoms with Crippen LogP contribution in [0.3, 0.4) is 0 Å². The average Bonchev–Trinajstić information content (AvgIpc) is 2.86. The summed E-state index contributed by atoms with van der Waals surface area (Å²) < 4.78 is 13.9. The molecule has 1 aliphatic rings. The molecule has 1 fully saturated rings. The van der Waals surface area contributed by atoms with Crippen molar-refractivity contribution in [2.45, 2.75) is 58.4 Å². The first-order valence-electron chi connectivity index (χ1n) is 7.77. The van der Waals surface area contributed by atoms with E-state index in [-0.39, 0.29) is 17.3 Å². The highest BCUT2D eigenvalue weighted by molar-refractivity contribution is 5.19. The van der Waals surface area contributed by atoms with E-state index < -0.39 is 0 Å². The third kappa shape index (κ3) is 3.39. The van der Waals surface area contributed by atoms with Gasteiger partial charge in [0.2, 0.25) is 0 Å². The van der Waals surface area contributed by atoms with Gasteiger partial charge in [-0.3, -0.25) is 11.3 Å². The van der Waals surface area contributed by atoms with Crippen LogP contribution in [-0.2, 0) is 6.42 Å². The molecular weight excluding hydrogens is 251 g/mol. The summed E-state index contributed by atoms with van der Waals surface area (Å²) >= 11 is 0. The van der Waals surface area contributed by atoms with E-state index in [1.54, 1.807) is 6.07 Å². The molecular formula is C17H27FN2. The van der Waals surface area contributed by atoms with Crippen LogP contribution in [0.15, 0.2) is 24.3 Å². The first-order valence-corrected chi connectivity index (χ1v) is 7.77. The molecule has 1 aromatic carbocycles. The van der Waals surface area contributed by atoms with Gasteiger partial charge in [0.15, 0.2) is 0 Å². The molecule has 0 aromatic heterocycles. The molecule has 0 amide bonds. The zero-order chi connectivity index (χ0) is 14.6. The van der Waals surface area contributed by atoms with E-state index in [2.05, 4.69) is 19.3 Å². The standard InChI is InChI=1S/C17H27FN2/c1-13(2)12-17(9-5-6-10-17)16(20-19)11-14-7-3-4-8-15(14)18/h3-4,7-8,13,16,20H,5-6,9-12,19H2,1-2H3. The molecule has 2 nitrogen and oxygen atoms in total. The van der Waals surface area contributed by atoms with E-state index >= 15 is 0 Å². The number of nitrogens with two attached hydrogens (primary N) is 1. The fourth-order valence-electron chi connectivity index (χ4n) is 3.92. The monoisotopic (exact) mass is 278 g/mol. The van der Waals surface area contributed by atoms with Crippen molar-refractivity contribution in [2.24, 2.45) is 17.2 Å². The van der Waals surface area contributed by atoms with Gasteiger partial charge in [-0.15, -0.1) is 0 Å². The van der Waals surface area contributed by atoms with Crippen LogP contribution < -0.4 is 11.3 Å². The van der Waals surface area contributed by atoms with E-state index in [9.17, 15) is 4.39 Å². The second-order valence-electron chi connectivity index (χ2n) is 6.68. The van der Waals surface area contributed by atoms with E-state index in [1.807, 2.05) is 12.1 Å². The first-order chi connectivity index (χ1) is 9.57. The molecule has 3 N–H and O–H groups in total. The highest BCUT2D eigenvalue weighted by Gasteiger charge is 2.41. The summed E-state index contributed by atoms with van der Waals surface area (Å²) in [6.07, 6.45) is 6.78. The maximum absolute atomic E-state index is 13.9. The summed E-state index contributed by atoms with van der Waals surface area (Å²) in [4.78, 5) is 0. The van der Waals surface area contributed by atoms with Gasteiger partial charge >= 0.3 is 0 Å². The normalized spacial score (nSPS) is 19.4. The molecule has 3 heteroatoms. The molecule has 0 spiro atoms. The summed E-state index contributed by atoms with van der Waals surface area (Å²) in [7, 11) is 0. The zero-order valence-corrected chi connectivity index (χ0v) is 12.7. The van der Waals surface area contributed by atoms with Crippen molar-refractivity contribution >= 4 is 0 Å². The maximum Gasteiger partial charge on any atom is 0.126 e. The molecule has 0 saturated heterocycles.